The van der Waals surface area contributed by atoms with Gasteiger partial charge in [0.05, 0.1) is 12.2 Å². The molecule has 144 valence electrons. The smallest absolute Gasteiger partial charge is 0.431 e. The van der Waals surface area contributed by atoms with Crippen LogP contribution in [0.4, 0.5) is 21.6 Å². The van der Waals surface area contributed by atoms with Crippen LogP contribution in [0.5, 0.6) is 0 Å². The first kappa shape index (κ1) is 21.9. The van der Waals surface area contributed by atoms with Gasteiger partial charge in [0.15, 0.2) is 0 Å². The average molecular weight is 403 g/mol. The Labute approximate surface area is 157 Å². The highest BCUT2D eigenvalue weighted by atomic mass is 32.3. The molecule has 2 rings (SSSR count). The monoisotopic (exact) mass is 402 g/mol. The van der Waals surface area contributed by atoms with Gasteiger partial charge in [0, 0.05) is 33.9 Å². The molecule has 0 aliphatic rings. The Hall–Kier alpha value is -2.15. The lowest BCUT2D eigenvalue weighted by molar-refractivity contribution is -0.712. The van der Waals surface area contributed by atoms with Gasteiger partial charge in [0.25, 0.3) is 0 Å². The summed E-state index contributed by atoms with van der Waals surface area (Å²) < 4.78 is 32.8. The molecule has 2 aromatic rings. The minimum atomic E-state index is -4.41. The average Bonchev–Trinajstić information content (AvgIpc) is 2.94. The van der Waals surface area contributed by atoms with Gasteiger partial charge in [0.1, 0.15) is 12.7 Å². The molecule has 0 aliphatic carbocycles. The summed E-state index contributed by atoms with van der Waals surface area (Å²) >= 11 is 1.50. The molecule has 26 heavy (non-hydrogen) atoms. The molecule has 0 atom stereocenters. The van der Waals surface area contributed by atoms with Crippen molar-refractivity contribution in [1.29, 1.82) is 0 Å². The van der Waals surface area contributed by atoms with E-state index in [4.69, 9.17) is 0 Å². The van der Waals surface area contributed by atoms with Crippen LogP contribution < -0.4 is 14.5 Å². The summed E-state index contributed by atoms with van der Waals surface area (Å²) in [6.07, 6.45) is 0. The van der Waals surface area contributed by atoms with Gasteiger partial charge in [-0.15, -0.1) is 4.68 Å². The highest BCUT2D eigenvalue weighted by molar-refractivity contribution is 7.80. The molecule has 0 fully saturated rings. The van der Waals surface area contributed by atoms with Crippen LogP contribution in [0.1, 0.15) is 0 Å². The minimum absolute atomic E-state index is 0.769. The van der Waals surface area contributed by atoms with Crippen LogP contribution in [0.15, 0.2) is 34.5 Å². The van der Waals surface area contributed by atoms with Crippen molar-refractivity contribution >= 4 is 43.4 Å². The highest BCUT2D eigenvalue weighted by Crippen LogP contribution is 2.25. The van der Waals surface area contributed by atoms with Crippen molar-refractivity contribution in [3.8, 4) is 0 Å². The maximum Gasteiger partial charge on any atom is 0.431 e. The maximum absolute atomic E-state index is 9.22. The number of azo groups is 1. The van der Waals surface area contributed by atoms with E-state index in [0.717, 1.165) is 28.7 Å². The van der Waals surface area contributed by atoms with Gasteiger partial charge in [-0.05, 0) is 40.7 Å². The Bertz CT molecular complexity index is 832. The molecular weight excluding hydrogens is 380 g/mol. The van der Waals surface area contributed by atoms with Crippen molar-refractivity contribution in [1.82, 2.24) is 5.10 Å². The van der Waals surface area contributed by atoms with E-state index in [0.29, 0.717) is 0 Å². The number of benzene rings is 1. The summed E-state index contributed by atoms with van der Waals surface area (Å²) in [5.41, 5.74) is 1.97. The van der Waals surface area contributed by atoms with Crippen molar-refractivity contribution in [2.45, 2.75) is 0 Å². The second kappa shape index (κ2) is 9.52. The molecule has 0 spiro atoms. The summed E-state index contributed by atoms with van der Waals surface area (Å²) in [5, 5.41) is 14.5. The molecule has 12 heteroatoms. The van der Waals surface area contributed by atoms with Crippen LogP contribution >= 0.6 is 11.3 Å². The molecule has 0 aliphatic heterocycles. The Balaban J connectivity index is 0.000000487. The molecule has 0 radical (unpaired) electrons. The van der Waals surface area contributed by atoms with Gasteiger partial charge in [-0.3, -0.25) is 4.18 Å². The van der Waals surface area contributed by atoms with E-state index in [9.17, 15) is 13.0 Å². The fourth-order valence-corrected chi connectivity index (χ4v) is 2.29. The summed E-state index contributed by atoms with van der Waals surface area (Å²) in [6.45, 7) is 0. The Morgan fingerprint density at radius 1 is 1.12 bits per heavy atom. The summed E-state index contributed by atoms with van der Waals surface area (Å²) in [5.74, 6) is 0. The zero-order chi connectivity index (χ0) is 19.9. The van der Waals surface area contributed by atoms with Crippen LogP contribution in [0.2, 0.25) is 0 Å². The normalized spacial score (nSPS) is 11.2. The third-order valence-electron chi connectivity index (χ3n) is 2.90. The first-order valence-electron chi connectivity index (χ1n) is 7.28. The maximum atomic E-state index is 9.22. The Kier molecular flexibility index (Phi) is 8.02. The standard InChI is InChI=1S/C13H19N6S.CH4O4S/c1-17(2)11-8-6-10(7-9-11)14-15-12-19(5)16-13(20-12)18(3)4;1-5-6(2,3)4/h6-9H,1-5H3;1H3,(H,2,3,4)/q+1;/p-1. The zero-order valence-electron chi connectivity index (χ0n) is 15.4. The molecular formula is C14H22N6O4S2. The third-order valence-corrected chi connectivity index (χ3v) is 4.46. The van der Waals surface area contributed by atoms with E-state index in [-0.39, 0.29) is 0 Å². The van der Waals surface area contributed by atoms with Gasteiger partial charge in [-0.25, -0.2) is 8.42 Å². The fourth-order valence-electron chi connectivity index (χ4n) is 1.52. The van der Waals surface area contributed by atoms with E-state index in [1.165, 1.54) is 11.3 Å². The van der Waals surface area contributed by atoms with Gasteiger partial charge in [-0.2, -0.15) is 0 Å². The number of aryl methyl sites for hydroxylation is 1. The number of hydrogen-bond donors (Lipinski definition) is 0. The van der Waals surface area contributed by atoms with E-state index in [1.54, 1.807) is 4.68 Å². The van der Waals surface area contributed by atoms with Crippen molar-refractivity contribution in [2.24, 2.45) is 17.3 Å². The lowest BCUT2D eigenvalue weighted by Crippen LogP contribution is -2.30. The predicted octanol–water partition coefficient (Wildman–Crippen LogP) is 1.61. The van der Waals surface area contributed by atoms with Crippen molar-refractivity contribution in [2.75, 3.05) is 45.1 Å². The first-order chi connectivity index (χ1) is 12.0. The second-order valence-electron chi connectivity index (χ2n) is 5.37. The number of anilines is 2. The molecule has 1 heterocycles. The van der Waals surface area contributed by atoms with Crippen LogP contribution in [-0.4, -0.2) is 53.4 Å². The lowest BCUT2D eigenvalue weighted by Gasteiger charge is -2.11. The van der Waals surface area contributed by atoms with Crippen molar-refractivity contribution in [3.63, 3.8) is 0 Å². The fraction of sp³-hybridized carbons (Fsp3) is 0.429. The van der Waals surface area contributed by atoms with Gasteiger partial charge < -0.3 is 14.4 Å². The third kappa shape index (κ3) is 7.39. The molecule has 0 saturated heterocycles. The van der Waals surface area contributed by atoms with Gasteiger partial charge in [-0.1, -0.05) is 5.10 Å². The number of rotatable bonds is 5. The molecule has 0 bridgehead atoms. The zero-order valence-corrected chi connectivity index (χ0v) is 17.1. The molecule has 1 aromatic carbocycles. The summed E-state index contributed by atoms with van der Waals surface area (Å²) in [4.78, 5) is 4.00. The second-order valence-corrected chi connectivity index (χ2v) is 7.46. The van der Waals surface area contributed by atoms with E-state index in [2.05, 4.69) is 19.5 Å². The summed E-state index contributed by atoms with van der Waals surface area (Å²) in [6, 6.07) is 7.94. The molecule has 1 aromatic heterocycles. The highest BCUT2D eigenvalue weighted by Gasteiger charge is 2.16. The minimum Gasteiger partial charge on any atom is -0.726 e. The molecule has 10 nitrogen and oxygen atoms in total. The van der Waals surface area contributed by atoms with E-state index < -0.39 is 10.4 Å². The molecule has 0 amide bonds. The Morgan fingerprint density at radius 3 is 2.04 bits per heavy atom. The number of aromatic nitrogens is 2. The predicted molar refractivity (Wildman–Crippen MR) is 99.3 cm³/mol. The number of nitrogens with zero attached hydrogens (tertiary/aromatic N) is 6. The van der Waals surface area contributed by atoms with Crippen LogP contribution in [0.25, 0.3) is 0 Å². The van der Waals surface area contributed by atoms with Gasteiger partial charge in [0.2, 0.25) is 15.5 Å². The van der Waals surface area contributed by atoms with Crippen molar-refractivity contribution in [3.05, 3.63) is 24.3 Å². The molecule has 0 saturated carbocycles. The van der Waals surface area contributed by atoms with Crippen LogP contribution in [0, 0.1) is 0 Å². The van der Waals surface area contributed by atoms with Crippen LogP contribution in [0.3, 0.4) is 0 Å². The first-order valence-corrected chi connectivity index (χ1v) is 9.43. The van der Waals surface area contributed by atoms with E-state index in [1.807, 2.05) is 69.3 Å². The topological polar surface area (TPSA) is 114 Å². The van der Waals surface area contributed by atoms with Gasteiger partial charge >= 0.3 is 5.13 Å². The van der Waals surface area contributed by atoms with E-state index >= 15 is 0 Å². The Morgan fingerprint density at radius 2 is 1.65 bits per heavy atom. The van der Waals surface area contributed by atoms with Crippen LogP contribution in [-0.2, 0) is 21.6 Å². The summed E-state index contributed by atoms with van der Waals surface area (Å²) in [7, 11) is 6.20. The quantitative estimate of drug-likeness (QED) is 0.323. The largest absolute Gasteiger partial charge is 0.726 e. The number of hydrogen-bond acceptors (Lipinski definition) is 10. The SMILES string of the molecule is CN(C)c1ccc(N=Nc2sc(N(C)C)n[n+]2C)cc1.COS(=O)(=O)[O-]. The molecule has 0 N–H and O–H groups in total. The lowest BCUT2D eigenvalue weighted by atomic mass is 10.3. The molecule has 0 unspecified atom stereocenters. The van der Waals surface area contributed by atoms with Crippen molar-refractivity contribution < 1.29 is 21.8 Å².